The van der Waals surface area contributed by atoms with E-state index in [9.17, 15) is 4.79 Å². The third kappa shape index (κ3) is 3.16. The first-order valence-electron chi connectivity index (χ1n) is 5.75. The third-order valence-electron chi connectivity index (χ3n) is 2.52. The van der Waals surface area contributed by atoms with Crippen LogP contribution in [-0.2, 0) is 0 Å². The van der Waals surface area contributed by atoms with Crippen molar-refractivity contribution < 1.29 is 9.53 Å². The van der Waals surface area contributed by atoms with Gasteiger partial charge in [-0.3, -0.25) is 10.1 Å². The molecule has 1 aromatic carbocycles. The van der Waals surface area contributed by atoms with Gasteiger partial charge in [-0.25, -0.2) is 4.98 Å². The summed E-state index contributed by atoms with van der Waals surface area (Å²) in [6.07, 6.45) is 0. The zero-order valence-corrected chi connectivity index (χ0v) is 11.7. The van der Waals surface area contributed by atoms with Crippen LogP contribution in [0.5, 0.6) is 5.88 Å². The zero-order chi connectivity index (χ0) is 14.7. The van der Waals surface area contributed by atoms with Crippen molar-refractivity contribution in [3.05, 3.63) is 40.5 Å². The van der Waals surface area contributed by atoms with E-state index in [2.05, 4.69) is 15.3 Å². The standard InChI is InChI=1S/C13H13ClN4O2/c1-7-5-11(20-2)17-13(16-7)18-12(19)8-3-4-9(14)10(15)6-8/h3-6H,15H2,1-2H3,(H,16,17,18,19). The fourth-order valence-electron chi connectivity index (χ4n) is 1.56. The summed E-state index contributed by atoms with van der Waals surface area (Å²) in [5, 5.41) is 2.98. The van der Waals surface area contributed by atoms with Crippen LogP contribution < -0.4 is 15.8 Å². The van der Waals surface area contributed by atoms with E-state index in [-0.39, 0.29) is 11.9 Å². The lowest BCUT2D eigenvalue weighted by Crippen LogP contribution is -2.15. The Labute approximate surface area is 120 Å². The summed E-state index contributed by atoms with van der Waals surface area (Å²) in [7, 11) is 1.49. The van der Waals surface area contributed by atoms with Gasteiger partial charge in [0.15, 0.2) is 0 Å². The van der Waals surface area contributed by atoms with E-state index in [0.29, 0.717) is 27.8 Å². The first-order valence-corrected chi connectivity index (χ1v) is 6.13. The topological polar surface area (TPSA) is 90.1 Å². The number of carbonyl (C=O) groups excluding carboxylic acids is 1. The smallest absolute Gasteiger partial charge is 0.258 e. The largest absolute Gasteiger partial charge is 0.481 e. The lowest BCUT2D eigenvalue weighted by molar-refractivity contribution is 0.102. The molecule has 1 heterocycles. The number of halogens is 1. The Kier molecular flexibility index (Phi) is 4.05. The van der Waals surface area contributed by atoms with Crippen molar-refractivity contribution in [2.75, 3.05) is 18.2 Å². The number of aromatic nitrogens is 2. The Hall–Kier alpha value is -2.34. The average Bonchev–Trinajstić information content (AvgIpc) is 2.41. The normalized spacial score (nSPS) is 10.2. The molecular formula is C13H13ClN4O2. The highest BCUT2D eigenvalue weighted by Gasteiger charge is 2.10. The number of benzene rings is 1. The van der Waals surface area contributed by atoms with Crippen molar-refractivity contribution in [2.45, 2.75) is 6.92 Å². The Bertz CT molecular complexity index is 661. The molecule has 0 atom stereocenters. The van der Waals surface area contributed by atoms with Crippen molar-refractivity contribution in [1.29, 1.82) is 0 Å². The summed E-state index contributed by atoms with van der Waals surface area (Å²) in [5.41, 5.74) is 7.05. The molecule has 0 fully saturated rings. The van der Waals surface area contributed by atoms with Gasteiger partial charge >= 0.3 is 0 Å². The number of hydrogen-bond donors (Lipinski definition) is 2. The highest BCUT2D eigenvalue weighted by Crippen LogP contribution is 2.20. The van der Waals surface area contributed by atoms with Gasteiger partial charge in [0.25, 0.3) is 5.91 Å². The molecule has 0 aliphatic carbocycles. The molecule has 0 saturated heterocycles. The average molecular weight is 293 g/mol. The quantitative estimate of drug-likeness (QED) is 0.847. The van der Waals surface area contributed by atoms with Crippen LogP contribution in [0.2, 0.25) is 5.02 Å². The van der Waals surface area contributed by atoms with Gasteiger partial charge in [-0.05, 0) is 25.1 Å². The van der Waals surface area contributed by atoms with Gasteiger partial charge in [0.2, 0.25) is 11.8 Å². The van der Waals surface area contributed by atoms with Crippen LogP contribution >= 0.6 is 11.6 Å². The van der Waals surface area contributed by atoms with Gasteiger partial charge in [-0.1, -0.05) is 11.6 Å². The van der Waals surface area contributed by atoms with Gasteiger partial charge in [-0.15, -0.1) is 0 Å². The minimum atomic E-state index is -0.374. The molecule has 0 bridgehead atoms. The molecule has 1 amide bonds. The number of methoxy groups -OCH3 is 1. The van der Waals surface area contributed by atoms with Gasteiger partial charge in [-0.2, -0.15) is 4.98 Å². The molecule has 0 unspecified atom stereocenters. The molecule has 0 spiro atoms. The van der Waals surface area contributed by atoms with Crippen molar-refractivity contribution in [1.82, 2.24) is 9.97 Å². The van der Waals surface area contributed by atoms with Gasteiger partial charge in [0, 0.05) is 17.3 Å². The van der Waals surface area contributed by atoms with Crippen molar-refractivity contribution in [3.63, 3.8) is 0 Å². The Morgan fingerprint density at radius 2 is 2.10 bits per heavy atom. The number of nitrogen functional groups attached to an aromatic ring is 1. The summed E-state index contributed by atoms with van der Waals surface area (Å²) in [5.74, 6) is 0.171. The number of anilines is 2. The number of nitrogens with zero attached hydrogens (tertiary/aromatic N) is 2. The third-order valence-corrected chi connectivity index (χ3v) is 2.87. The lowest BCUT2D eigenvalue weighted by Gasteiger charge is -2.07. The number of rotatable bonds is 3. The molecule has 0 saturated carbocycles. The molecule has 0 radical (unpaired) electrons. The summed E-state index contributed by atoms with van der Waals surface area (Å²) in [6.45, 7) is 1.78. The monoisotopic (exact) mass is 292 g/mol. The second-order valence-electron chi connectivity index (χ2n) is 4.07. The maximum Gasteiger partial charge on any atom is 0.258 e. The highest BCUT2D eigenvalue weighted by atomic mass is 35.5. The van der Waals surface area contributed by atoms with Crippen LogP contribution in [0.4, 0.5) is 11.6 Å². The van der Waals surface area contributed by atoms with Crippen LogP contribution in [0.15, 0.2) is 24.3 Å². The van der Waals surface area contributed by atoms with E-state index in [1.807, 2.05) is 0 Å². The van der Waals surface area contributed by atoms with Crippen LogP contribution in [0, 0.1) is 6.92 Å². The summed E-state index contributed by atoms with van der Waals surface area (Å²) < 4.78 is 5.02. The number of nitrogens with two attached hydrogens (primary N) is 1. The summed E-state index contributed by atoms with van der Waals surface area (Å²) in [6, 6.07) is 6.28. The molecule has 3 N–H and O–H groups in total. The number of hydrogen-bond acceptors (Lipinski definition) is 5. The first kappa shape index (κ1) is 14.1. The zero-order valence-electron chi connectivity index (χ0n) is 11.0. The van der Waals surface area contributed by atoms with E-state index in [0.717, 1.165) is 0 Å². The number of ether oxygens (including phenoxy) is 1. The SMILES string of the molecule is COc1cc(C)nc(NC(=O)c2ccc(Cl)c(N)c2)n1. The van der Waals surface area contributed by atoms with Gasteiger partial charge < -0.3 is 10.5 Å². The number of carbonyl (C=O) groups is 1. The van der Waals surface area contributed by atoms with Crippen molar-refractivity contribution in [3.8, 4) is 5.88 Å². The minimum Gasteiger partial charge on any atom is -0.481 e. The maximum atomic E-state index is 12.1. The highest BCUT2D eigenvalue weighted by molar-refractivity contribution is 6.33. The van der Waals surface area contributed by atoms with Crippen LogP contribution in [0.25, 0.3) is 0 Å². The number of amides is 1. The summed E-state index contributed by atoms with van der Waals surface area (Å²) >= 11 is 5.81. The van der Waals surface area contributed by atoms with E-state index in [1.165, 1.54) is 13.2 Å². The Morgan fingerprint density at radius 3 is 2.75 bits per heavy atom. The Morgan fingerprint density at radius 1 is 1.35 bits per heavy atom. The molecule has 104 valence electrons. The van der Waals surface area contributed by atoms with E-state index < -0.39 is 0 Å². The van der Waals surface area contributed by atoms with Crippen LogP contribution in [0.1, 0.15) is 16.1 Å². The molecule has 2 aromatic rings. The van der Waals surface area contributed by atoms with E-state index >= 15 is 0 Å². The van der Waals surface area contributed by atoms with Crippen LogP contribution in [-0.4, -0.2) is 23.0 Å². The van der Waals surface area contributed by atoms with Crippen molar-refractivity contribution in [2.24, 2.45) is 0 Å². The predicted molar refractivity (Wildman–Crippen MR) is 77.1 cm³/mol. The fourth-order valence-corrected chi connectivity index (χ4v) is 1.68. The van der Waals surface area contributed by atoms with E-state index in [1.54, 1.807) is 25.1 Å². The fraction of sp³-hybridized carbons (Fsp3) is 0.154. The molecule has 0 aliphatic rings. The lowest BCUT2D eigenvalue weighted by atomic mass is 10.2. The summed E-state index contributed by atoms with van der Waals surface area (Å²) in [4.78, 5) is 20.2. The number of nitrogens with one attached hydrogen (secondary N) is 1. The van der Waals surface area contributed by atoms with E-state index in [4.69, 9.17) is 22.1 Å². The maximum absolute atomic E-state index is 12.1. The molecule has 7 heteroatoms. The van der Waals surface area contributed by atoms with Gasteiger partial charge in [0.1, 0.15) is 0 Å². The Balaban J connectivity index is 2.23. The molecular weight excluding hydrogens is 280 g/mol. The molecule has 0 aliphatic heterocycles. The molecule has 20 heavy (non-hydrogen) atoms. The molecule has 6 nitrogen and oxygen atoms in total. The van der Waals surface area contributed by atoms with Crippen LogP contribution in [0.3, 0.4) is 0 Å². The second kappa shape index (κ2) is 5.75. The predicted octanol–water partition coefficient (Wildman–Crippen LogP) is 2.28. The second-order valence-corrected chi connectivity index (χ2v) is 4.47. The first-order chi connectivity index (χ1) is 9.49. The van der Waals surface area contributed by atoms with Gasteiger partial charge in [0.05, 0.1) is 17.8 Å². The molecule has 1 aromatic heterocycles. The molecule has 2 rings (SSSR count). The number of aryl methyl sites for hydroxylation is 1. The van der Waals surface area contributed by atoms with Crippen molar-refractivity contribution >= 4 is 29.1 Å². The minimum absolute atomic E-state index is 0.167.